The fraction of sp³-hybridized carbons (Fsp3) is 0.382. The van der Waals surface area contributed by atoms with Crippen molar-refractivity contribution in [2.45, 2.75) is 78.1 Å². The summed E-state index contributed by atoms with van der Waals surface area (Å²) in [7, 11) is 0. The third-order valence-electron chi connectivity index (χ3n) is 7.15. The first-order chi connectivity index (χ1) is 17.9. The Bertz CT molecular complexity index is 1300. The summed E-state index contributed by atoms with van der Waals surface area (Å²) in [5.41, 5.74) is 5.10. The van der Waals surface area contributed by atoms with Crippen LogP contribution < -0.4 is 4.74 Å². The second-order valence-electron chi connectivity index (χ2n) is 12.1. The molecule has 0 aromatic heterocycles. The molecule has 4 nitrogen and oxygen atoms in total. The number of para-hydroxylation sites is 1. The van der Waals surface area contributed by atoms with Gasteiger partial charge in [-0.1, -0.05) is 102 Å². The largest absolute Gasteiger partial charge is 0.507 e. The van der Waals surface area contributed by atoms with Crippen LogP contribution in [-0.2, 0) is 26.8 Å². The van der Waals surface area contributed by atoms with Crippen molar-refractivity contribution in [3.8, 4) is 11.5 Å². The van der Waals surface area contributed by atoms with Crippen molar-refractivity contribution in [1.29, 1.82) is 0 Å². The van der Waals surface area contributed by atoms with Gasteiger partial charge in [-0.3, -0.25) is 0 Å². The van der Waals surface area contributed by atoms with Crippen LogP contribution in [0.25, 0.3) is 0 Å². The monoisotopic (exact) mass is 512 g/mol. The highest BCUT2D eigenvalue weighted by Crippen LogP contribution is 2.47. The summed E-state index contributed by atoms with van der Waals surface area (Å²) in [6, 6.07) is 22.2. The molecule has 3 aromatic rings. The fourth-order valence-electron chi connectivity index (χ4n) is 5.12. The van der Waals surface area contributed by atoms with Gasteiger partial charge in [-0.25, -0.2) is 4.79 Å². The van der Waals surface area contributed by atoms with Gasteiger partial charge >= 0.3 is 5.97 Å². The molecule has 3 aromatic carbocycles. The number of phenols is 1. The first kappa shape index (κ1) is 27.5. The Kier molecular flexibility index (Phi) is 7.73. The van der Waals surface area contributed by atoms with Crippen LogP contribution in [0.1, 0.15) is 88.6 Å². The van der Waals surface area contributed by atoms with E-state index in [2.05, 4.69) is 59.7 Å². The molecule has 0 fully saturated rings. The highest BCUT2D eigenvalue weighted by atomic mass is 16.5. The summed E-state index contributed by atoms with van der Waals surface area (Å²) in [6.45, 7) is 14.9. The van der Waals surface area contributed by atoms with Crippen molar-refractivity contribution in [2.24, 2.45) is 0 Å². The molecule has 1 aliphatic heterocycles. The number of hydrogen-bond acceptors (Lipinski definition) is 4. The van der Waals surface area contributed by atoms with Crippen LogP contribution in [0.3, 0.4) is 0 Å². The van der Waals surface area contributed by atoms with Crippen LogP contribution in [0.4, 0.5) is 0 Å². The number of carbonyl (C=O) groups excluding carboxylic acids is 1. The predicted octanol–water partition coefficient (Wildman–Crippen LogP) is 7.96. The Hall–Kier alpha value is -3.53. The number of rotatable bonds is 5. The molecule has 1 heterocycles. The van der Waals surface area contributed by atoms with Crippen molar-refractivity contribution in [3.05, 3.63) is 106 Å². The fourth-order valence-corrected chi connectivity index (χ4v) is 5.12. The van der Waals surface area contributed by atoms with E-state index in [1.54, 1.807) is 0 Å². The zero-order valence-electron chi connectivity index (χ0n) is 23.7. The molecule has 0 radical (unpaired) electrons. The third kappa shape index (κ3) is 5.80. The van der Waals surface area contributed by atoms with E-state index in [-0.39, 0.29) is 22.7 Å². The first-order valence-electron chi connectivity index (χ1n) is 13.5. The standard InChI is InChI=1S/C34H40O4/c1-8-37-32(36)26(18-22-14-10-9-11-15-22)30-21-25(24-16-12-13-17-29(24)38-30)23-19-27(33(2,3)4)31(35)28(20-23)34(5,6)7/h9-17,19-20,25,35H,8,18,21H2,1-7H3/b30-26+/t25-/m0/s1. The summed E-state index contributed by atoms with van der Waals surface area (Å²) >= 11 is 0. The Labute approximate surface area is 227 Å². The molecule has 1 atom stereocenters. The van der Waals surface area contributed by atoms with Gasteiger partial charge in [-0.2, -0.15) is 0 Å². The number of carbonyl (C=O) groups is 1. The molecule has 1 N–H and O–H groups in total. The van der Waals surface area contributed by atoms with Crippen molar-refractivity contribution in [2.75, 3.05) is 6.61 Å². The summed E-state index contributed by atoms with van der Waals surface area (Å²) in [4.78, 5) is 13.2. The average molecular weight is 513 g/mol. The lowest BCUT2D eigenvalue weighted by Crippen LogP contribution is -2.22. The van der Waals surface area contributed by atoms with Gasteiger partial charge < -0.3 is 14.6 Å². The predicted molar refractivity (Wildman–Crippen MR) is 153 cm³/mol. The second kappa shape index (κ2) is 10.7. The number of hydrogen-bond donors (Lipinski definition) is 1. The molecule has 0 saturated carbocycles. The van der Waals surface area contributed by atoms with Crippen LogP contribution in [0, 0.1) is 0 Å². The third-order valence-corrected chi connectivity index (χ3v) is 7.15. The molecule has 38 heavy (non-hydrogen) atoms. The molecule has 4 heteroatoms. The number of allylic oxidation sites excluding steroid dienone is 1. The molecule has 4 rings (SSSR count). The van der Waals surface area contributed by atoms with E-state index in [1.807, 2.05) is 55.5 Å². The summed E-state index contributed by atoms with van der Waals surface area (Å²) in [5.74, 6) is 1.36. The van der Waals surface area contributed by atoms with Crippen LogP contribution in [0.15, 0.2) is 78.1 Å². The Morgan fingerprint density at radius 2 is 1.50 bits per heavy atom. The number of fused-ring (bicyclic) bond motifs is 1. The van der Waals surface area contributed by atoms with Crippen LogP contribution >= 0.6 is 0 Å². The molecule has 0 bridgehead atoms. The van der Waals surface area contributed by atoms with Gasteiger partial charge in [0.2, 0.25) is 0 Å². The maximum absolute atomic E-state index is 13.2. The number of esters is 1. The normalized spacial score (nSPS) is 16.9. The zero-order chi connectivity index (χ0) is 27.7. The van der Waals surface area contributed by atoms with Crippen molar-refractivity contribution >= 4 is 5.97 Å². The Balaban J connectivity index is 1.92. The van der Waals surface area contributed by atoms with E-state index in [0.29, 0.717) is 36.5 Å². The maximum Gasteiger partial charge on any atom is 0.337 e. The van der Waals surface area contributed by atoms with Gasteiger partial charge in [0.05, 0.1) is 12.2 Å². The van der Waals surface area contributed by atoms with Crippen LogP contribution in [-0.4, -0.2) is 17.7 Å². The highest BCUT2D eigenvalue weighted by molar-refractivity contribution is 5.89. The van der Waals surface area contributed by atoms with Crippen molar-refractivity contribution in [1.82, 2.24) is 0 Å². The van der Waals surface area contributed by atoms with Crippen LogP contribution in [0.5, 0.6) is 11.5 Å². The molecule has 0 spiro atoms. The van der Waals surface area contributed by atoms with E-state index in [1.165, 1.54) is 0 Å². The minimum absolute atomic E-state index is 0.0436. The summed E-state index contributed by atoms with van der Waals surface area (Å²) in [5, 5.41) is 11.3. The van der Waals surface area contributed by atoms with Crippen molar-refractivity contribution in [3.63, 3.8) is 0 Å². The first-order valence-corrected chi connectivity index (χ1v) is 13.5. The number of benzene rings is 3. The Morgan fingerprint density at radius 3 is 2.08 bits per heavy atom. The van der Waals surface area contributed by atoms with Crippen molar-refractivity contribution < 1.29 is 19.4 Å². The highest BCUT2D eigenvalue weighted by Gasteiger charge is 2.33. The minimum atomic E-state index is -0.346. The van der Waals surface area contributed by atoms with E-state index in [0.717, 1.165) is 33.6 Å². The lowest BCUT2D eigenvalue weighted by molar-refractivity contribution is -0.138. The molecular formula is C34H40O4. The molecule has 0 unspecified atom stereocenters. The summed E-state index contributed by atoms with van der Waals surface area (Å²) < 4.78 is 11.9. The maximum atomic E-state index is 13.2. The molecule has 0 saturated heterocycles. The average Bonchev–Trinajstić information content (AvgIpc) is 2.86. The number of aromatic hydroxyl groups is 1. The van der Waals surface area contributed by atoms with E-state index >= 15 is 0 Å². The second-order valence-corrected chi connectivity index (χ2v) is 12.1. The number of phenolic OH excluding ortho intramolecular Hbond substituents is 1. The quantitative estimate of drug-likeness (QED) is 0.278. The van der Waals surface area contributed by atoms with E-state index in [4.69, 9.17) is 9.47 Å². The van der Waals surface area contributed by atoms with Gasteiger partial charge in [-0.15, -0.1) is 0 Å². The van der Waals surface area contributed by atoms with E-state index < -0.39 is 0 Å². The number of ether oxygens (including phenoxy) is 2. The van der Waals surface area contributed by atoms with Gasteiger partial charge in [0.1, 0.15) is 17.3 Å². The molecular weight excluding hydrogens is 472 g/mol. The molecule has 1 aliphatic rings. The minimum Gasteiger partial charge on any atom is -0.507 e. The lowest BCUT2D eigenvalue weighted by atomic mass is 9.75. The molecule has 0 amide bonds. The van der Waals surface area contributed by atoms with Gasteiger partial charge in [-0.05, 0) is 46.1 Å². The SMILES string of the molecule is CCOC(=O)/C(Cc1ccccc1)=C1\C[C@@H](c2cc(C(C)(C)C)c(O)c(C(C)(C)C)c2)c2ccccc2O1. The van der Waals surface area contributed by atoms with Gasteiger partial charge in [0.25, 0.3) is 0 Å². The Morgan fingerprint density at radius 1 is 0.921 bits per heavy atom. The lowest BCUT2D eigenvalue weighted by Gasteiger charge is -2.33. The smallest absolute Gasteiger partial charge is 0.337 e. The van der Waals surface area contributed by atoms with E-state index in [9.17, 15) is 9.90 Å². The molecule has 0 aliphatic carbocycles. The van der Waals surface area contributed by atoms with Gasteiger partial charge in [0, 0.05) is 24.3 Å². The van der Waals surface area contributed by atoms with Gasteiger partial charge in [0.15, 0.2) is 0 Å². The molecule has 200 valence electrons. The zero-order valence-corrected chi connectivity index (χ0v) is 23.7. The van der Waals surface area contributed by atoms with Crippen LogP contribution in [0.2, 0.25) is 0 Å². The summed E-state index contributed by atoms with van der Waals surface area (Å²) in [6.07, 6.45) is 0.954. The topological polar surface area (TPSA) is 55.8 Å².